The second-order valence-corrected chi connectivity index (χ2v) is 7.49. The summed E-state index contributed by atoms with van der Waals surface area (Å²) >= 11 is 0. The molecule has 1 aromatic rings. The number of benzene rings is 1. The Bertz CT molecular complexity index is 674. The Morgan fingerprint density at radius 1 is 1.26 bits per heavy atom. The lowest BCUT2D eigenvalue weighted by Gasteiger charge is -2.22. The molecule has 0 unspecified atom stereocenters. The van der Waals surface area contributed by atoms with Crippen LogP contribution >= 0.6 is 0 Å². The van der Waals surface area contributed by atoms with E-state index in [1.54, 1.807) is 23.1 Å². The molecule has 7 nitrogen and oxygen atoms in total. The Kier molecular flexibility index (Phi) is 5.61. The molecule has 2 rings (SSSR count). The minimum absolute atomic E-state index is 0.0678. The van der Waals surface area contributed by atoms with Crippen LogP contribution in [0.2, 0.25) is 0 Å². The van der Waals surface area contributed by atoms with E-state index < -0.39 is 16.0 Å². The molecule has 23 heavy (non-hydrogen) atoms. The van der Waals surface area contributed by atoms with Crippen molar-refractivity contribution >= 4 is 16.0 Å². The number of aryl methyl sites for hydroxylation is 1. The molecule has 0 amide bonds. The number of rotatable bonds is 5. The average Bonchev–Trinajstić information content (AvgIpc) is 2.72. The Labute approximate surface area is 136 Å². The van der Waals surface area contributed by atoms with Crippen molar-refractivity contribution in [3.8, 4) is 5.75 Å². The van der Waals surface area contributed by atoms with Gasteiger partial charge in [-0.15, -0.1) is 0 Å². The number of aliphatic carboxylic acids is 1. The SMILES string of the molecule is COc1ccc(C)cc1S(=O)(=O)N1CCCN(CC(=O)O)CC1. The molecular weight excluding hydrogens is 320 g/mol. The monoisotopic (exact) mass is 342 g/mol. The molecule has 0 saturated carbocycles. The van der Waals surface area contributed by atoms with Crippen LogP contribution in [0.3, 0.4) is 0 Å². The van der Waals surface area contributed by atoms with Gasteiger partial charge in [-0.3, -0.25) is 9.69 Å². The fourth-order valence-corrected chi connectivity index (χ4v) is 4.37. The van der Waals surface area contributed by atoms with Crippen molar-refractivity contribution in [2.24, 2.45) is 0 Å². The summed E-state index contributed by atoms with van der Waals surface area (Å²) in [5, 5.41) is 8.87. The number of carboxylic acid groups (broad SMARTS) is 1. The van der Waals surface area contributed by atoms with Crippen LogP contribution in [0.4, 0.5) is 0 Å². The lowest BCUT2D eigenvalue weighted by molar-refractivity contribution is -0.138. The number of methoxy groups -OCH3 is 1. The number of nitrogens with zero attached hydrogens (tertiary/aromatic N) is 2. The summed E-state index contributed by atoms with van der Waals surface area (Å²) in [6.45, 7) is 3.38. The predicted molar refractivity (Wildman–Crippen MR) is 85.2 cm³/mol. The molecule has 0 radical (unpaired) electrons. The van der Waals surface area contributed by atoms with Crippen LogP contribution < -0.4 is 4.74 Å². The summed E-state index contributed by atoms with van der Waals surface area (Å²) < 4.78 is 32.4. The van der Waals surface area contributed by atoms with Gasteiger partial charge in [0.25, 0.3) is 0 Å². The van der Waals surface area contributed by atoms with Crippen LogP contribution in [0.15, 0.2) is 23.1 Å². The van der Waals surface area contributed by atoms with Gasteiger partial charge in [0.2, 0.25) is 10.0 Å². The molecule has 1 saturated heterocycles. The molecule has 8 heteroatoms. The van der Waals surface area contributed by atoms with Gasteiger partial charge in [-0.05, 0) is 31.0 Å². The van der Waals surface area contributed by atoms with Crippen LogP contribution in [0.5, 0.6) is 5.75 Å². The first-order valence-corrected chi connectivity index (χ1v) is 8.87. The topological polar surface area (TPSA) is 87.2 Å². The lowest BCUT2D eigenvalue weighted by Crippen LogP contribution is -2.36. The number of ether oxygens (including phenoxy) is 1. The predicted octanol–water partition coefficient (Wildman–Crippen LogP) is 0.785. The molecule has 1 N–H and O–H groups in total. The van der Waals surface area contributed by atoms with Gasteiger partial charge in [0.1, 0.15) is 10.6 Å². The average molecular weight is 342 g/mol. The van der Waals surface area contributed by atoms with Crippen LogP contribution in [0.25, 0.3) is 0 Å². The van der Waals surface area contributed by atoms with Crippen LogP contribution in [0, 0.1) is 6.92 Å². The van der Waals surface area contributed by atoms with E-state index in [0.717, 1.165) is 5.56 Å². The van der Waals surface area contributed by atoms with E-state index in [2.05, 4.69) is 0 Å². The Balaban J connectivity index is 2.23. The minimum atomic E-state index is -3.67. The first kappa shape index (κ1) is 17.7. The summed E-state index contributed by atoms with van der Waals surface area (Å²) in [6, 6.07) is 5.06. The zero-order chi connectivity index (χ0) is 17.0. The fraction of sp³-hybridized carbons (Fsp3) is 0.533. The zero-order valence-electron chi connectivity index (χ0n) is 13.4. The number of carboxylic acids is 1. The molecule has 1 heterocycles. The Hall–Kier alpha value is -1.64. The molecule has 0 aliphatic carbocycles. The highest BCUT2D eigenvalue weighted by Gasteiger charge is 2.29. The molecule has 0 atom stereocenters. The van der Waals surface area contributed by atoms with Gasteiger partial charge in [0.15, 0.2) is 0 Å². The zero-order valence-corrected chi connectivity index (χ0v) is 14.2. The van der Waals surface area contributed by atoms with Gasteiger partial charge in [0.05, 0.1) is 13.7 Å². The Morgan fingerprint density at radius 3 is 2.65 bits per heavy atom. The van der Waals surface area contributed by atoms with Crippen molar-refractivity contribution < 1.29 is 23.1 Å². The van der Waals surface area contributed by atoms with Gasteiger partial charge in [-0.25, -0.2) is 8.42 Å². The number of hydrogen-bond donors (Lipinski definition) is 1. The normalized spacial score (nSPS) is 17.7. The maximum Gasteiger partial charge on any atom is 0.317 e. The van der Waals surface area contributed by atoms with E-state index in [4.69, 9.17) is 9.84 Å². The van der Waals surface area contributed by atoms with E-state index in [0.29, 0.717) is 31.8 Å². The molecule has 1 aliphatic rings. The van der Waals surface area contributed by atoms with Gasteiger partial charge < -0.3 is 9.84 Å². The summed E-state index contributed by atoms with van der Waals surface area (Å²) in [5.41, 5.74) is 0.840. The van der Waals surface area contributed by atoms with E-state index >= 15 is 0 Å². The third kappa shape index (κ3) is 4.21. The second kappa shape index (κ2) is 7.29. The van der Waals surface area contributed by atoms with Crippen molar-refractivity contribution in [3.05, 3.63) is 23.8 Å². The maximum absolute atomic E-state index is 12.9. The first-order valence-electron chi connectivity index (χ1n) is 7.43. The van der Waals surface area contributed by atoms with Gasteiger partial charge >= 0.3 is 5.97 Å². The van der Waals surface area contributed by atoms with Gasteiger partial charge in [-0.2, -0.15) is 4.31 Å². The molecule has 1 fully saturated rings. The summed E-state index contributed by atoms with van der Waals surface area (Å²) in [7, 11) is -2.22. The smallest absolute Gasteiger partial charge is 0.317 e. The first-order chi connectivity index (χ1) is 10.8. The third-order valence-electron chi connectivity index (χ3n) is 3.84. The molecule has 1 aromatic carbocycles. The van der Waals surface area contributed by atoms with Crippen molar-refractivity contribution in [3.63, 3.8) is 0 Å². The fourth-order valence-electron chi connectivity index (χ4n) is 2.66. The van der Waals surface area contributed by atoms with E-state index in [9.17, 15) is 13.2 Å². The van der Waals surface area contributed by atoms with Crippen molar-refractivity contribution in [1.29, 1.82) is 0 Å². The summed E-state index contributed by atoms with van der Waals surface area (Å²) in [6.07, 6.45) is 0.598. The van der Waals surface area contributed by atoms with E-state index in [-0.39, 0.29) is 18.0 Å². The molecule has 0 bridgehead atoms. The molecule has 0 spiro atoms. The highest BCUT2D eigenvalue weighted by molar-refractivity contribution is 7.89. The molecule has 0 aromatic heterocycles. The quantitative estimate of drug-likeness (QED) is 0.851. The van der Waals surface area contributed by atoms with Gasteiger partial charge in [0, 0.05) is 26.2 Å². The summed E-state index contributed by atoms with van der Waals surface area (Å²) in [5.74, 6) is -0.580. The molecule has 128 valence electrons. The minimum Gasteiger partial charge on any atom is -0.495 e. The van der Waals surface area contributed by atoms with E-state index in [1.807, 2.05) is 6.92 Å². The van der Waals surface area contributed by atoms with Crippen LogP contribution in [-0.2, 0) is 14.8 Å². The van der Waals surface area contributed by atoms with Crippen molar-refractivity contribution in [2.75, 3.05) is 39.8 Å². The number of hydrogen-bond acceptors (Lipinski definition) is 5. The number of sulfonamides is 1. The van der Waals surface area contributed by atoms with Crippen molar-refractivity contribution in [1.82, 2.24) is 9.21 Å². The molecular formula is C15H22N2O5S. The summed E-state index contributed by atoms with van der Waals surface area (Å²) in [4.78, 5) is 12.7. The second-order valence-electron chi connectivity index (χ2n) is 5.58. The standard InChI is InChI=1S/C15H22N2O5S/c1-12-4-5-13(22-2)14(10-12)23(20,21)17-7-3-6-16(8-9-17)11-15(18)19/h4-5,10H,3,6-9,11H2,1-2H3,(H,18,19). The Morgan fingerprint density at radius 2 is 2.00 bits per heavy atom. The highest BCUT2D eigenvalue weighted by Crippen LogP contribution is 2.28. The van der Waals surface area contributed by atoms with Crippen LogP contribution in [-0.4, -0.2) is 68.5 Å². The van der Waals surface area contributed by atoms with E-state index in [1.165, 1.54) is 11.4 Å². The lowest BCUT2D eigenvalue weighted by atomic mass is 10.2. The van der Waals surface area contributed by atoms with Gasteiger partial charge in [-0.1, -0.05) is 6.07 Å². The number of carbonyl (C=O) groups is 1. The van der Waals surface area contributed by atoms with Crippen LogP contribution in [0.1, 0.15) is 12.0 Å². The van der Waals surface area contributed by atoms with Crippen molar-refractivity contribution in [2.45, 2.75) is 18.2 Å². The highest BCUT2D eigenvalue weighted by atomic mass is 32.2. The maximum atomic E-state index is 12.9. The third-order valence-corrected chi connectivity index (χ3v) is 5.76. The molecule has 1 aliphatic heterocycles. The largest absolute Gasteiger partial charge is 0.495 e.